The second-order valence-electron chi connectivity index (χ2n) is 1.28. The van der Waals surface area contributed by atoms with Crippen molar-refractivity contribution >= 4 is 39.5 Å². The average molecular weight is 154 g/mol. The molecule has 0 heterocycles. The molecule has 34 valence electrons. The molecule has 0 rings (SSSR count). The maximum Gasteiger partial charge on any atom is 0.0374 e. The average Bonchev–Trinajstić information content (AvgIpc) is 1.72. The van der Waals surface area contributed by atoms with Crippen molar-refractivity contribution in [2.24, 2.45) is 0 Å². The van der Waals surface area contributed by atoms with Crippen LogP contribution in [0.3, 0.4) is 0 Å². The Labute approximate surface area is 57.0 Å². The predicted octanol–water partition coefficient (Wildman–Crippen LogP) is -0.141. The summed E-state index contributed by atoms with van der Waals surface area (Å²) in [7, 11) is 10.3. The Kier molecular flexibility index (Phi) is 5.63. The predicted molar refractivity (Wildman–Crippen MR) is 37.4 cm³/mol. The maximum atomic E-state index is 3.46. The zero-order valence-corrected chi connectivity index (χ0v) is 8.12. The molecule has 0 bridgehead atoms. The molecule has 0 atom stereocenters. The van der Waals surface area contributed by atoms with Crippen LogP contribution < -0.4 is 0 Å². The van der Waals surface area contributed by atoms with Gasteiger partial charge in [0.15, 0.2) is 0 Å². The first-order valence-electron chi connectivity index (χ1n) is 2.12. The lowest BCUT2D eigenvalue weighted by atomic mass is 11.8. The van der Waals surface area contributed by atoms with Gasteiger partial charge >= 0.3 is 0 Å². The molecule has 0 aliphatic carbocycles. The molecule has 0 nitrogen and oxygen atoms in total. The van der Waals surface area contributed by atoms with Crippen molar-refractivity contribution in [3.63, 3.8) is 0 Å². The molecular weight excluding hydrogens is 148 g/mol. The zero-order chi connectivity index (χ0) is 5.70. The van der Waals surface area contributed by atoms with E-state index in [2.05, 4.69) is 30.7 Å². The van der Waals surface area contributed by atoms with Gasteiger partial charge in [0.05, 0.1) is 0 Å². The normalized spacial score (nSPS) is 10.3. The van der Waals surface area contributed by atoms with Gasteiger partial charge in [-0.3, -0.25) is 0 Å². The third-order valence-corrected chi connectivity index (χ3v) is 6.75. The largest absolute Gasteiger partial charge is 0.0698 e. The SMILES string of the molecule is [Si]C[Si](C[Si])C[Si]. The summed E-state index contributed by atoms with van der Waals surface area (Å²) in [6.07, 6.45) is 0. The molecule has 0 N–H and O–H groups in total. The number of hydrogen-bond acceptors (Lipinski definition) is 0. The summed E-state index contributed by atoms with van der Waals surface area (Å²) in [5.74, 6) is 0. The molecule has 0 saturated carbocycles. The van der Waals surface area contributed by atoms with E-state index in [1.165, 1.54) is 0 Å². The second-order valence-corrected chi connectivity index (χ2v) is 7.02. The van der Waals surface area contributed by atoms with E-state index >= 15 is 0 Å². The van der Waals surface area contributed by atoms with E-state index in [1.807, 2.05) is 0 Å². The summed E-state index contributed by atoms with van der Waals surface area (Å²) in [5, 5.41) is 0. The highest BCUT2D eigenvalue weighted by Crippen LogP contribution is 1.94. The molecule has 0 aromatic heterocycles. The number of hydrogen-bond donors (Lipinski definition) is 0. The summed E-state index contributed by atoms with van der Waals surface area (Å²) < 4.78 is 0. The standard InChI is InChI=1S/C3H6Si4/c4-1-7(2-5)3-6/h1-3H2. The summed E-state index contributed by atoms with van der Waals surface area (Å²) in [4.78, 5) is 0. The first-order valence-corrected chi connectivity index (χ1v) is 6.36. The van der Waals surface area contributed by atoms with E-state index < -0.39 is 0 Å². The van der Waals surface area contributed by atoms with E-state index in [1.54, 1.807) is 0 Å². The van der Waals surface area contributed by atoms with Gasteiger partial charge in [0.1, 0.15) is 0 Å². The highest BCUT2D eigenvalue weighted by Gasteiger charge is 1.99. The minimum atomic E-state index is -0.122. The van der Waals surface area contributed by atoms with Crippen LogP contribution in [0.4, 0.5) is 0 Å². The van der Waals surface area contributed by atoms with Crippen LogP contribution in [0.2, 0.25) is 17.0 Å². The van der Waals surface area contributed by atoms with Gasteiger partial charge in [-0.1, -0.05) is 17.0 Å². The van der Waals surface area contributed by atoms with Crippen molar-refractivity contribution in [2.75, 3.05) is 0 Å². The van der Waals surface area contributed by atoms with E-state index in [0.717, 1.165) is 17.0 Å². The van der Waals surface area contributed by atoms with Gasteiger partial charge in [0, 0.05) is 39.5 Å². The van der Waals surface area contributed by atoms with Crippen molar-refractivity contribution in [1.29, 1.82) is 0 Å². The molecule has 0 aromatic rings. The van der Waals surface area contributed by atoms with Gasteiger partial charge in [-0.15, -0.1) is 0 Å². The maximum absolute atomic E-state index is 3.46. The van der Waals surface area contributed by atoms with Crippen LogP contribution in [-0.2, 0) is 0 Å². The first kappa shape index (κ1) is 7.87. The zero-order valence-electron chi connectivity index (χ0n) is 4.12. The Morgan fingerprint density at radius 3 is 1.14 bits per heavy atom. The lowest BCUT2D eigenvalue weighted by Crippen LogP contribution is -2.10. The van der Waals surface area contributed by atoms with Crippen LogP contribution in [-0.4, -0.2) is 39.5 Å². The minimum absolute atomic E-state index is 0.122. The first-order chi connectivity index (χ1) is 3.35. The van der Waals surface area contributed by atoms with E-state index in [0.29, 0.717) is 0 Å². The minimum Gasteiger partial charge on any atom is -0.0698 e. The van der Waals surface area contributed by atoms with Gasteiger partial charge in [-0.25, -0.2) is 0 Å². The Bertz CT molecular complexity index is 28.4. The molecule has 0 aliphatic heterocycles. The fourth-order valence-corrected chi connectivity index (χ4v) is 5.06. The summed E-state index contributed by atoms with van der Waals surface area (Å²) in [6.45, 7) is 0. The van der Waals surface area contributed by atoms with Crippen molar-refractivity contribution in [3.05, 3.63) is 0 Å². The third-order valence-electron chi connectivity index (χ3n) is 0.750. The lowest BCUT2D eigenvalue weighted by Gasteiger charge is -2.02. The third kappa shape index (κ3) is 3.45. The molecule has 0 aromatic carbocycles. The molecule has 0 fully saturated rings. The Hall–Kier alpha value is 0.868. The van der Waals surface area contributed by atoms with Crippen molar-refractivity contribution in [3.8, 4) is 0 Å². The number of rotatable bonds is 3. The fraction of sp³-hybridized carbons (Fsp3) is 1.00. The molecule has 0 aliphatic rings. The Balaban J connectivity index is 2.99. The van der Waals surface area contributed by atoms with Crippen LogP contribution in [0.5, 0.6) is 0 Å². The van der Waals surface area contributed by atoms with Gasteiger partial charge in [0.25, 0.3) is 0 Å². The lowest BCUT2D eigenvalue weighted by molar-refractivity contribution is 1.71. The van der Waals surface area contributed by atoms with E-state index in [9.17, 15) is 0 Å². The second kappa shape index (κ2) is 5.01. The summed E-state index contributed by atoms with van der Waals surface area (Å²) >= 11 is 0. The molecule has 0 unspecified atom stereocenters. The molecule has 10 radical (unpaired) electrons. The van der Waals surface area contributed by atoms with Gasteiger partial charge in [0.2, 0.25) is 0 Å². The summed E-state index contributed by atoms with van der Waals surface area (Å²) in [5.41, 5.74) is 3.49. The van der Waals surface area contributed by atoms with Gasteiger partial charge < -0.3 is 0 Å². The van der Waals surface area contributed by atoms with Crippen molar-refractivity contribution < 1.29 is 0 Å². The smallest absolute Gasteiger partial charge is 0.0374 e. The van der Waals surface area contributed by atoms with E-state index in [-0.39, 0.29) is 8.80 Å². The van der Waals surface area contributed by atoms with Crippen LogP contribution >= 0.6 is 0 Å². The van der Waals surface area contributed by atoms with Crippen molar-refractivity contribution in [1.82, 2.24) is 0 Å². The molecule has 0 amide bonds. The quantitative estimate of drug-likeness (QED) is 0.497. The van der Waals surface area contributed by atoms with Gasteiger partial charge in [-0.05, 0) is 0 Å². The summed E-state index contributed by atoms with van der Waals surface area (Å²) in [6, 6.07) is 0. The Morgan fingerprint density at radius 2 is 1.14 bits per heavy atom. The fourth-order valence-electron chi connectivity index (χ4n) is 0.187. The van der Waals surface area contributed by atoms with Crippen LogP contribution in [0.1, 0.15) is 0 Å². The topological polar surface area (TPSA) is 0 Å². The van der Waals surface area contributed by atoms with E-state index in [4.69, 9.17) is 0 Å². The molecule has 0 spiro atoms. The highest BCUT2D eigenvalue weighted by atomic mass is 28.3. The van der Waals surface area contributed by atoms with Crippen molar-refractivity contribution in [2.45, 2.75) is 17.0 Å². The van der Waals surface area contributed by atoms with Gasteiger partial charge in [-0.2, -0.15) is 0 Å². The van der Waals surface area contributed by atoms with Crippen LogP contribution in [0.15, 0.2) is 0 Å². The van der Waals surface area contributed by atoms with Crippen LogP contribution in [0, 0.1) is 0 Å². The molecule has 7 heavy (non-hydrogen) atoms. The molecular formula is C3H6Si4. The van der Waals surface area contributed by atoms with Crippen LogP contribution in [0.25, 0.3) is 0 Å². The molecule has 0 saturated heterocycles. The Morgan fingerprint density at radius 1 is 0.857 bits per heavy atom. The highest BCUT2D eigenvalue weighted by molar-refractivity contribution is 6.74. The monoisotopic (exact) mass is 154 g/mol. The molecule has 4 heteroatoms.